The maximum atomic E-state index is 11.5. The van der Waals surface area contributed by atoms with Gasteiger partial charge in [-0.05, 0) is 25.7 Å². The molecule has 94 valence electrons. The minimum atomic E-state index is -1.07. The lowest BCUT2D eigenvalue weighted by Crippen LogP contribution is -2.45. The Morgan fingerprint density at radius 2 is 1.94 bits per heavy atom. The van der Waals surface area contributed by atoms with Crippen molar-refractivity contribution in [3.8, 4) is 0 Å². The van der Waals surface area contributed by atoms with Crippen LogP contribution in [-0.4, -0.2) is 34.5 Å². The van der Waals surface area contributed by atoms with Gasteiger partial charge in [0.15, 0.2) is 0 Å². The van der Waals surface area contributed by atoms with Crippen molar-refractivity contribution in [2.75, 3.05) is 6.54 Å². The van der Waals surface area contributed by atoms with Gasteiger partial charge in [-0.1, -0.05) is 20.8 Å². The average Bonchev–Trinajstić information content (AvgIpc) is 2.72. The second-order valence-corrected chi connectivity index (χ2v) is 4.38. The van der Waals surface area contributed by atoms with E-state index in [1.54, 1.807) is 0 Å². The van der Waals surface area contributed by atoms with E-state index in [1.165, 1.54) is 4.90 Å². The molecule has 0 aromatic carbocycles. The lowest BCUT2D eigenvalue weighted by atomic mass is 9.94. The molecule has 0 aromatic rings. The van der Waals surface area contributed by atoms with Crippen LogP contribution in [-0.2, 0) is 9.53 Å². The summed E-state index contributed by atoms with van der Waals surface area (Å²) in [5.41, 5.74) is -0.303. The number of carbonyl (C=O) groups is 1. The number of carbonyl (C=O) groups excluding carboxylic acids is 1. The Hall–Kier alpha value is -0.610. The van der Waals surface area contributed by atoms with Crippen LogP contribution in [0.15, 0.2) is 0 Å². The van der Waals surface area contributed by atoms with Gasteiger partial charge in [-0.15, -0.1) is 0 Å². The Bertz CT molecular complexity index is 230. The van der Waals surface area contributed by atoms with E-state index < -0.39 is 6.41 Å². The van der Waals surface area contributed by atoms with Crippen molar-refractivity contribution in [3.63, 3.8) is 0 Å². The Kier molecular flexibility index (Phi) is 4.74. The van der Waals surface area contributed by atoms with Crippen LogP contribution in [0.1, 0.15) is 52.9 Å². The zero-order valence-corrected chi connectivity index (χ0v) is 10.5. The fraction of sp³-hybridized carbons (Fsp3) is 0.917. The highest BCUT2D eigenvalue weighted by Crippen LogP contribution is 2.27. The lowest BCUT2D eigenvalue weighted by molar-refractivity contribution is -0.247. The maximum Gasteiger partial charge on any atom is 0.240 e. The quantitative estimate of drug-likeness (QED) is 0.707. The van der Waals surface area contributed by atoms with E-state index in [1.807, 2.05) is 20.8 Å². The highest BCUT2D eigenvalue weighted by molar-refractivity contribution is 5.78. The molecule has 4 nitrogen and oxygen atoms in total. The third kappa shape index (κ3) is 2.74. The highest BCUT2D eigenvalue weighted by Gasteiger charge is 2.34. The third-order valence-electron chi connectivity index (χ3n) is 3.67. The molecule has 16 heavy (non-hydrogen) atoms. The van der Waals surface area contributed by atoms with Crippen LogP contribution in [0.4, 0.5) is 0 Å². The molecular formula is C12H23NO3. The molecule has 4 heteroatoms. The second-order valence-electron chi connectivity index (χ2n) is 4.38. The molecule has 1 saturated heterocycles. The molecule has 1 amide bonds. The van der Waals surface area contributed by atoms with Crippen LogP contribution in [0.2, 0.25) is 0 Å². The first-order valence-electron chi connectivity index (χ1n) is 6.24. The van der Waals surface area contributed by atoms with Gasteiger partial charge in [0.2, 0.25) is 12.3 Å². The van der Waals surface area contributed by atoms with Crippen LogP contribution in [0.5, 0.6) is 0 Å². The van der Waals surface area contributed by atoms with Gasteiger partial charge in [0.1, 0.15) is 0 Å². The largest absolute Gasteiger partial charge is 0.351 e. The molecule has 1 aliphatic heterocycles. The smallest absolute Gasteiger partial charge is 0.240 e. The summed E-state index contributed by atoms with van der Waals surface area (Å²) in [6.45, 7) is 6.75. The van der Waals surface area contributed by atoms with Crippen molar-refractivity contribution in [1.82, 2.24) is 4.90 Å². The molecule has 0 spiro atoms. The van der Waals surface area contributed by atoms with Gasteiger partial charge in [-0.2, -0.15) is 0 Å². The standard InChI is InChI=1S/C12H23NO3/c1-4-12(5-2,6-3)16-11(15)13-9-7-8-10(13)14/h11,15H,4-9H2,1-3H3. The number of aliphatic hydroxyl groups is 1. The zero-order valence-electron chi connectivity index (χ0n) is 10.5. The minimum absolute atomic E-state index is 0.00953. The fourth-order valence-electron chi connectivity index (χ4n) is 2.19. The van der Waals surface area contributed by atoms with E-state index in [-0.39, 0.29) is 11.5 Å². The third-order valence-corrected chi connectivity index (χ3v) is 3.67. The van der Waals surface area contributed by atoms with Gasteiger partial charge in [0.25, 0.3) is 0 Å². The van der Waals surface area contributed by atoms with E-state index in [0.29, 0.717) is 13.0 Å². The summed E-state index contributed by atoms with van der Waals surface area (Å²) in [7, 11) is 0. The second kappa shape index (κ2) is 5.64. The number of hydrogen-bond donors (Lipinski definition) is 1. The van der Waals surface area contributed by atoms with Crippen molar-refractivity contribution in [2.45, 2.75) is 64.9 Å². The average molecular weight is 229 g/mol. The number of nitrogens with zero attached hydrogens (tertiary/aromatic N) is 1. The van der Waals surface area contributed by atoms with Gasteiger partial charge in [0.05, 0.1) is 5.60 Å². The summed E-state index contributed by atoms with van der Waals surface area (Å²) in [5.74, 6) is -0.00953. The Morgan fingerprint density at radius 1 is 1.38 bits per heavy atom. The molecule has 1 heterocycles. The molecule has 1 fully saturated rings. The zero-order chi connectivity index (χ0) is 12.2. The number of rotatable bonds is 6. The Labute approximate surface area is 97.6 Å². The monoisotopic (exact) mass is 229 g/mol. The van der Waals surface area contributed by atoms with Gasteiger partial charge in [0, 0.05) is 13.0 Å². The van der Waals surface area contributed by atoms with E-state index in [9.17, 15) is 9.90 Å². The van der Waals surface area contributed by atoms with Crippen molar-refractivity contribution < 1.29 is 14.6 Å². The van der Waals surface area contributed by atoms with Gasteiger partial charge >= 0.3 is 0 Å². The summed E-state index contributed by atoms with van der Waals surface area (Å²) in [6.07, 6.45) is 2.81. The van der Waals surface area contributed by atoms with Crippen molar-refractivity contribution in [2.24, 2.45) is 0 Å². The first kappa shape index (κ1) is 13.5. The molecular weight excluding hydrogens is 206 g/mol. The summed E-state index contributed by atoms with van der Waals surface area (Å²) >= 11 is 0. The Morgan fingerprint density at radius 3 is 2.31 bits per heavy atom. The summed E-state index contributed by atoms with van der Waals surface area (Å²) in [4.78, 5) is 12.9. The van der Waals surface area contributed by atoms with Gasteiger partial charge < -0.3 is 9.84 Å². The lowest BCUT2D eigenvalue weighted by Gasteiger charge is -2.36. The van der Waals surface area contributed by atoms with Gasteiger partial charge in [-0.3, -0.25) is 9.69 Å². The topological polar surface area (TPSA) is 49.8 Å². The Balaban J connectivity index is 2.60. The van der Waals surface area contributed by atoms with Crippen molar-refractivity contribution in [1.29, 1.82) is 0 Å². The molecule has 1 unspecified atom stereocenters. The predicted molar refractivity (Wildman–Crippen MR) is 61.6 cm³/mol. The fourth-order valence-corrected chi connectivity index (χ4v) is 2.19. The first-order chi connectivity index (χ1) is 7.58. The molecule has 0 bridgehead atoms. The summed E-state index contributed by atoms with van der Waals surface area (Å²) < 4.78 is 5.70. The summed E-state index contributed by atoms with van der Waals surface area (Å²) in [6, 6.07) is 0. The first-order valence-corrected chi connectivity index (χ1v) is 6.24. The van der Waals surface area contributed by atoms with E-state index in [0.717, 1.165) is 25.7 Å². The van der Waals surface area contributed by atoms with E-state index >= 15 is 0 Å². The van der Waals surface area contributed by atoms with Crippen molar-refractivity contribution in [3.05, 3.63) is 0 Å². The molecule has 0 saturated carbocycles. The number of ether oxygens (including phenoxy) is 1. The van der Waals surface area contributed by atoms with Crippen LogP contribution < -0.4 is 0 Å². The normalized spacial score (nSPS) is 19.2. The van der Waals surface area contributed by atoms with E-state index in [2.05, 4.69) is 0 Å². The molecule has 1 rings (SSSR count). The van der Waals surface area contributed by atoms with Crippen LogP contribution in [0.3, 0.4) is 0 Å². The minimum Gasteiger partial charge on any atom is -0.351 e. The molecule has 1 N–H and O–H groups in total. The number of likely N-dealkylation sites (tertiary alicyclic amines) is 1. The molecule has 1 atom stereocenters. The van der Waals surface area contributed by atoms with Crippen molar-refractivity contribution >= 4 is 5.91 Å². The maximum absolute atomic E-state index is 11.5. The SMILES string of the molecule is CCC(CC)(CC)OC(O)N1CCCC1=O. The molecule has 1 aliphatic rings. The van der Waals surface area contributed by atoms with Gasteiger partial charge in [-0.25, -0.2) is 0 Å². The number of amides is 1. The number of hydrogen-bond acceptors (Lipinski definition) is 3. The predicted octanol–water partition coefficient (Wildman–Crippen LogP) is 1.87. The van der Waals surface area contributed by atoms with Crippen LogP contribution in [0.25, 0.3) is 0 Å². The highest BCUT2D eigenvalue weighted by atomic mass is 16.6. The van der Waals surface area contributed by atoms with E-state index in [4.69, 9.17) is 4.74 Å². The molecule has 0 radical (unpaired) electrons. The van der Waals surface area contributed by atoms with Crippen LogP contribution >= 0.6 is 0 Å². The number of aliphatic hydroxyl groups excluding tert-OH is 1. The van der Waals surface area contributed by atoms with Crippen LogP contribution in [0, 0.1) is 0 Å². The molecule has 0 aromatic heterocycles. The molecule has 0 aliphatic carbocycles. The summed E-state index contributed by atoms with van der Waals surface area (Å²) in [5, 5.41) is 9.93.